The Balaban J connectivity index is 1.61. The van der Waals surface area contributed by atoms with Gasteiger partial charge in [0, 0.05) is 25.3 Å². The molecule has 3 rings (SSSR count). The first kappa shape index (κ1) is 19.2. The third-order valence-corrected chi connectivity index (χ3v) is 5.12. The summed E-state index contributed by atoms with van der Waals surface area (Å²) in [6.45, 7) is 3.47. The summed E-state index contributed by atoms with van der Waals surface area (Å²) in [5.74, 6) is 0.00295. The van der Waals surface area contributed by atoms with E-state index in [1.54, 1.807) is 18.9 Å². The molecule has 146 valence electrons. The van der Waals surface area contributed by atoms with Gasteiger partial charge in [-0.3, -0.25) is 0 Å². The van der Waals surface area contributed by atoms with Crippen molar-refractivity contribution in [3.63, 3.8) is 0 Å². The number of benzene rings is 1. The van der Waals surface area contributed by atoms with Gasteiger partial charge in [0.2, 0.25) is 0 Å². The first-order valence-electron chi connectivity index (χ1n) is 9.23. The number of piperidine rings is 1. The number of nitrogens with zero attached hydrogens (tertiary/aromatic N) is 6. The topological polar surface area (TPSA) is 79.2 Å². The van der Waals surface area contributed by atoms with Crippen LogP contribution < -0.4 is 5.32 Å². The molecule has 1 aromatic carbocycles. The number of anilines is 1. The maximum absolute atomic E-state index is 14.1. The molecule has 0 radical (unpaired) electrons. The molecule has 0 bridgehead atoms. The highest BCUT2D eigenvalue weighted by Gasteiger charge is 2.20. The number of nitrogens with one attached hydrogen (secondary N) is 1. The second kappa shape index (κ2) is 8.43. The SMILES string of the molecule is Cc1nnnn1-c1cc(NC(=O)N(C)CCC2CCCCN2C)ccc1F. The lowest BCUT2D eigenvalue weighted by Crippen LogP contribution is -2.40. The number of carbonyl (C=O) groups excluding carboxylic acids is 1. The van der Waals surface area contributed by atoms with Gasteiger partial charge in [0.25, 0.3) is 0 Å². The summed E-state index contributed by atoms with van der Waals surface area (Å²) in [5.41, 5.74) is 0.690. The molecule has 9 heteroatoms. The number of halogens is 1. The van der Waals surface area contributed by atoms with Crippen molar-refractivity contribution in [2.45, 2.75) is 38.6 Å². The third kappa shape index (κ3) is 4.60. The number of urea groups is 1. The lowest BCUT2D eigenvalue weighted by atomic mass is 10.00. The van der Waals surface area contributed by atoms with Gasteiger partial charge in [-0.2, -0.15) is 4.68 Å². The Morgan fingerprint density at radius 2 is 2.22 bits per heavy atom. The van der Waals surface area contributed by atoms with Gasteiger partial charge in [0.05, 0.1) is 0 Å². The van der Waals surface area contributed by atoms with E-state index in [9.17, 15) is 9.18 Å². The smallest absolute Gasteiger partial charge is 0.321 e. The van der Waals surface area contributed by atoms with Crippen molar-refractivity contribution in [1.82, 2.24) is 30.0 Å². The zero-order chi connectivity index (χ0) is 19.4. The van der Waals surface area contributed by atoms with Gasteiger partial charge in [0.1, 0.15) is 11.5 Å². The minimum absolute atomic E-state index is 0.196. The Hall–Kier alpha value is -2.55. The van der Waals surface area contributed by atoms with Crippen molar-refractivity contribution in [2.24, 2.45) is 0 Å². The molecule has 0 aliphatic carbocycles. The van der Waals surface area contributed by atoms with E-state index in [4.69, 9.17) is 0 Å². The minimum atomic E-state index is -0.461. The molecule has 1 fully saturated rings. The highest BCUT2D eigenvalue weighted by molar-refractivity contribution is 5.89. The summed E-state index contributed by atoms with van der Waals surface area (Å²) in [6, 6.07) is 4.65. The number of aryl methyl sites for hydroxylation is 1. The van der Waals surface area contributed by atoms with Gasteiger partial charge in [-0.25, -0.2) is 9.18 Å². The molecule has 1 aliphatic heterocycles. The van der Waals surface area contributed by atoms with Crippen LogP contribution in [0.25, 0.3) is 5.69 Å². The van der Waals surface area contributed by atoms with Gasteiger partial charge in [-0.1, -0.05) is 6.42 Å². The number of carbonyl (C=O) groups is 1. The highest BCUT2D eigenvalue weighted by atomic mass is 19.1. The van der Waals surface area contributed by atoms with Crippen LogP contribution in [0.1, 0.15) is 31.5 Å². The molecule has 1 unspecified atom stereocenters. The second-order valence-corrected chi connectivity index (χ2v) is 7.07. The molecule has 1 saturated heterocycles. The van der Waals surface area contributed by atoms with Crippen molar-refractivity contribution in [2.75, 3.05) is 32.5 Å². The molecule has 1 aliphatic rings. The number of aromatic nitrogens is 4. The molecule has 2 amide bonds. The van der Waals surface area contributed by atoms with E-state index in [1.165, 1.54) is 42.1 Å². The third-order valence-electron chi connectivity index (χ3n) is 5.12. The number of tetrazole rings is 1. The van der Waals surface area contributed by atoms with Crippen molar-refractivity contribution in [1.29, 1.82) is 0 Å². The summed E-state index contributed by atoms with van der Waals surface area (Å²) in [6.07, 6.45) is 4.62. The van der Waals surface area contributed by atoms with Crippen LogP contribution in [0.5, 0.6) is 0 Å². The van der Waals surface area contributed by atoms with Crippen LogP contribution >= 0.6 is 0 Å². The Labute approximate surface area is 158 Å². The van der Waals surface area contributed by atoms with E-state index in [0.29, 0.717) is 24.1 Å². The quantitative estimate of drug-likeness (QED) is 0.868. The summed E-state index contributed by atoms with van der Waals surface area (Å²) < 4.78 is 15.4. The summed E-state index contributed by atoms with van der Waals surface area (Å²) in [7, 11) is 3.92. The molecular formula is C18H26FN7O. The Morgan fingerprint density at radius 1 is 1.41 bits per heavy atom. The molecule has 8 nitrogen and oxygen atoms in total. The maximum atomic E-state index is 14.1. The van der Waals surface area contributed by atoms with Crippen LogP contribution in [0.4, 0.5) is 14.9 Å². The van der Waals surface area contributed by atoms with Gasteiger partial charge in [-0.15, -0.1) is 5.10 Å². The predicted molar refractivity (Wildman–Crippen MR) is 100 cm³/mol. The average molecular weight is 375 g/mol. The molecule has 0 saturated carbocycles. The van der Waals surface area contributed by atoms with E-state index in [-0.39, 0.29) is 11.7 Å². The maximum Gasteiger partial charge on any atom is 0.321 e. The fourth-order valence-electron chi connectivity index (χ4n) is 3.38. The summed E-state index contributed by atoms with van der Waals surface area (Å²) >= 11 is 0. The normalized spacial score (nSPS) is 17.7. The van der Waals surface area contributed by atoms with Crippen LogP contribution in [-0.2, 0) is 0 Å². The van der Waals surface area contributed by atoms with Gasteiger partial charge < -0.3 is 15.1 Å². The fourth-order valence-corrected chi connectivity index (χ4v) is 3.38. The fraction of sp³-hybridized carbons (Fsp3) is 0.556. The van der Waals surface area contributed by atoms with Crippen LogP contribution in [-0.4, -0.2) is 69.3 Å². The van der Waals surface area contributed by atoms with Crippen molar-refractivity contribution >= 4 is 11.7 Å². The first-order chi connectivity index (χ1) is 13.0. The summed E-state index contributed by atoms with van der Waals surface area (Å²) in [4.78, 5) is 16.5. The van der Waals surface area contributed by atoms with Gasteiger partial charge >= 0.3 is 6.03 Å². The molecule has 2 heterocycles. The molecule has 1 atom stereocenters. The van der Waals surface area contributed by atoms with Crippen LogP contribution in [0.15, 0.2) is 18.2 Å². The number of hydrogen-bond acceptors (Lipinski definition) is 5. The largest absolute Gasteiger partial charge is 0.328 e. The first-order valence-corrected chi connectivity index (χ1v) is 9.23. The van der Waals surface area contributed by atoms with Crippen molar-refractivity contribution in [3.8, 4) is 5.69 Å². The Bertz CT molecular complexity index is 794. The number of likely N-dealkylation sites (tertiary alicyclic amines) is 1. The second-order valence-electron chi connectivity index (χ2n) is 7.07. The lowest BCUT2D eigenvalue weighted by molar-refractivity contribution is 0.162. The zero-order valence-corrected chi connectivity index (χ0v) is 16.0. The van der Waals surface area contributed by atoms with Crippen molar-refractivity contribution < 1.29 is 9.18 Å². The molecular weight excluding hydrogens is 349 g/mol. The Kier molecular flexibility index (Phi) is 6.00. The summed E-state index contributed by atoms with van der Waals surface area (Å²) in [5, 5.41) is 13.9. The van der Waals surface area contributed by atoms with Crippen molar-refractivity contribution in [3.05, 3.63) is 29.8 Å². The lowest BCUT2D eigenvalue weighted by Gasteiger charge is -2.33. The molecule has 1 N–H and O–H groups in total. The monoisotopic (exact) mass is 375 g/mol. The average Bonchev–Trinajstić information content (AvgIpc) is 3.08. The van der Waals surface area contributed by atoms with Gasteiger partial charge in [-0.05, 0) is 68.4 Å². The standard InChI is InChI=1S/C18H26FN7O/c1-13-21-22-23-26(13)17-12-14(7-8-16(17)19)20-18(27)25(3)11-9-15-6-4-5-10-24(15)2/h7-8,12,15H,4-6,9-11H2,1-3H3,(H,20,27). The van der Waals surface area contributed by atoms with E-state index in [2.05, 4.69) is 32.8 Å². The molecule has 0 spiro atoms. The molecule has 1 aromatic heterocycles. The van der Waals surface area contributed by atoms with Crippen LogP contribution in [0.2, 0.25) is 0 Å². The van der Waals surface area contributed by atoms with E-state index in [0.717, 1.165) is 13.0 Å². The van der Waals surface area contributed by atoms with E-state index >= 15 is 0 Å². The van der Waals surface area contributed by atoms with E-state index < -0.39 is 5.82 Å². The van der Waals surface area contributed by atoms with E-state index in [1.807, 2.05) is 0 Å². The highest BCUT2D eigenvalue weighted by Crippen LogP contribution is 2.20. The molecule has 27 heavy (non-hydrogen) atoms. The number of amides is 2. The number of rotatable bonds is 5. The predicted octanol–water partition coefficient (Wildman–Crippen LogP) is 2.45. The van der Waals surface area contributed by atoms with Crippen LogP contribution in [0, 0.1) is 12.7 Å². The van der Waals surface area contributed by atoms with Crippen LogP contribution in [0.3, 0.4) is 0 Å². The minimum Gasteiger partial charge on any atom is -0.328 e. The zero-order valence-electron chi connectivity index (χ0n) is 16.0. The van der Waals surface area contributed by atoms with Gasteiger partial charge in [0.15, 0.2) is 5.82 Å². The Morgan fingerprint density at radius 3 is 2.93 bits per heavy atom. The number of hydrogen-bond donors (Lipinski definition) is 1. The molecule has 2 aromatic rings.